The minimum atomic E-state index is 0.607. The van der Waals surface area contributed by atoms with E-state index in [-0.39, 0.29) is 0 Å². The monoisotopic (exact) mass is 285 g/mol. The molecule has 1 N–H and O–H groups in total. The van der Waals surface area contributed by atoms with Crippen molar-refractivity contribution < 1.29 is 4.42 Å². The lowest BCUT2D eigenvalue weighted by molar-refractivity contribution is 0.552. The molecule has 0 fully saturated rings. The smallest absolute Gasteiger partial charge is 0.154 e. The van der Waals surface area contributed by atoms with Gasteiger partial charge in [-0.3, -0.25) is 0 Å². The van der Waals surface area contributed by atoms with Gasteiger partial charge < -0.3 is 9.73 Å². The fourth-order valence-electron chi connectivity index (χ4n) is 1.93. The van der Waals surface area contributed by atoms with Gasteiger partial charge >= 0.3 is 0 Å². The molecule has 2 rings (SSSR count). The molecule has 0 aliphatic rings. The Kier molecular flexibility index (Phi) is 4.55. The number of hydrogen-bond donors (Lipinski definition) is 1. The molecule has 1 heterocycles. The van der Waals surface area contributed by atoms with Gasteiger partial charge in [-0.05, 0) is 37.6 Å². The van der Waals surface area contributed by atoms with E-state index in [0.29, 0.717) is 21.5 Å². The quantitative estimate of drug-likeness (QED) is 0.817. The van der Waals surface area contributed by atoms with E-state index in [2.05, 4.69) is 19.2 Å². The van der Waals surface area contributed by atoms with E-state index in [9.17, 15) is 0 Å². The van der Waals surface area contributed by atoms with Crippen LogP contribution in [0.4, 0.5) is 0 Å². The molecule has 1 aromatic carbocycles. The molecule has 4 heteroatoms. The van der Waals surface area contributed by atoms with Crippen molar-refractivity contribution in [3.63, 3.8) is 0 Å². The summed E-state index contributed by atoms with van der Waals surface area (Å²) in [7, 11) is 0. The van der Waals surface area contributed by atoms with E-state index in [4.69, 9.17) is 27.6 Å². The molecule has 0 amide bonds. The summed E-state index contributed by atoms with van der Waals surface area (Å²) in [5, 5.41) is 5.65. The Morgan fingerprint density at radius 2 is 1.94 bits per heavy atom. The highest BCUT2D eigenvalue weighted by atomic mass is 35.5. The molecule has 1 aromatic heterocycles. The van der Waals surface area contributed by atoms with Crippen molar-refractivity contribution in [2.24, 2.45) is 5.92 Å². The minimum absolute atomic E-state index is 0.607. The maximum absolute atomic E-state index is 6.20. The van der Waals surface area contributed by atoms with E-state index in [1.54, 1.807) is 12.3 Å². The van der Waals surface area contributed by atoms with Crippen LogP contribution in [-0.4, -0.2) is 13.1 Å². The van der Waals surface area contributed by atoms with E-state index in [1.165, 1.54) is 0 Å². The molecular weight excluding hydrogens is 269 g/mol. The predicted octanol–water partition coefficient (Wildman–Crippen LogP) is 4.53. The van der Waals surface area contributed by atoms with Crippen LogP contribution in [0.25, 0.3) is 11.0 Å². The summed E-state index contributed by atoms with van der Waals surface area (Å²) >= 11 is 12.3. The molecule has 0 bridgehead atoms. The summed E-state index contributed by atoms with van der Waals surface area (Å²) in [6.45, 7) is 6.31. The van der Waals surface area contributed by atoms with Gasteiger partial charge in [0.2, 0.25) is 0 Å². The van der Waals surface area contributed by atoms with Crippen molar-refractivity contribution in [1.82, 2.24) is 5.32 Å². The molecule has 98 valence electrons. The maximum Gasteiger partial charge on any atom is 0.154 e. The van der Waals surface area contributed by atoms with Gasteiger partial charge in [-0.2, -0.15) is 0 Å². The summed E-state index contributed by atoms with van der Waals surface area (Å²) in [4.78, 5) is 0. The first kappa shape index (κ1) is 13.7. The van der Waals surface area contributed by atoms with Gasteiger partial charge in [0.05, 0.1) is 16.3 Å². The fourth-order valence-corrected chi connectivity index (χ4v) is 2.41. The molecule has 0 saturated carbocycles. The first-order chi connectivity index (χ1) is 8.59. The summed E-state index contributed by atoms with van der Waals surface area (Å²) in [5.41, 5.74) is 1.79. The minimum Gasteiger partial charge on any atom is -0.462 e. The average molecular weight is 286 g/mol. The molecule has 2 nitrogen and oxygen atoms in total. The van der Waals surface area contributed by atoms with Crippen LogP contribution in [0.3, 0.4) is 0 Å². The first-order valence-electron chi connectivity index (χ1n) is 6.14. The van der Waals surface area contributed by atoms with Crippen LogP contribution < -0.4 is 5.32 Å². The molecule has 0 aliphatic heterocycles. The third-order valence-electron chi connectivity index (χ3n) is 2.82. The Balaban J connectivity index is 2.12. The number of halogens is 2. The first-order valence-corrected chi connectivity index (χ1v) is 6.90. The Morgan fingerprint density at radius 1 is 1.22 bits per heavy atom. The summed E-state index contributed by atoms with van der Waals surface area (Å²) in [6, 6.07) is 3.57. The number of benzene rings is 1. The number of nitrogens with one attached hydrogen (secondary N) is 1. The molecule has 0 radical (unpaired) electrons. The van der Waals surface area contributed by atoms with E-state index in [0.717, 1.165) is 30.5 Å². The van der Waals surface area contributed by atoms with Crippen LogP contribution in [0.1, 0.15) is 19.4 Å². The molecule has 0 saturated heterocycles. The summed E-state index contributed by atoms with van der Waals surface area (Å²) in [6.07, 6.45) is 2.64. The second-order valence-electron chi connectivity index (χ2n) is 4.84. The zero-order chi connectivity index (χ0) is 13.1. The van der Waals surface area contributed by atoms with E-state index in [1.807, 2.05) is 6.07 Å². The van der Waals surface area contributed by atoms with Crippen LogP contribution in [0.5, 0.6) is 0 Å². The molecule has 0 spiro atoms. The standard InChI is InChI=1S/C14H17Cl2NO/c1-9(2)7-17-6-5-10-8-18-14-12(16)4-3-11(15)13(10)14/h3-4,8-9,17H,5-7H2,1-2H3. The van der Waals surface area contributed by atoms with Gasteiger partial charge in [0.15, 0.2) is 5.58 Å². The Labute approximate surface area is 117 Å². The maximum atomic E-state index is 6.20. The van der Waals surface area contributed by atoms with Gasteiger partial charge in [-0.25, -0.2) is 0 Å². The van der Waals surface area contributed by atoms with Gasteiger partial charge in [-0.15, -0.1) is 0 Å². The van der Waals surface area contributed by atoms with Crippen molar-refractivity contribution in [2.45, 2.75) is 20.3 Å². The van der Waals surface area contributed by atoms with Crippen LogP contribution in [0, 0.1) is 5.92 Å². The van der Waals surface area contributed by atoms with Crippen molar-refractivity contribution >= 4 is 34.2 Å². The fraction of sp³-hybridized carbons (Fsp3) is 0.429. The van der Waals surface area contributed by atoms with Crippen molar-refractivity contribution in [2.75, 3.05) is 13.1 Å². The van der Waals surface area contributed by atoms with Crippen LogP contribution >= 0.6 is 23.2 Å². The van der Waals surface area contributed by atoms with Gasteiger partial charge in [0.1, 0.15) is 0 Å². The second kappa shape index (κ2) is 5.96. The van der Waals surface area contributed by atoms with Crippen LogP contribution in [-0.2, 0) is 6.42 Å². The van der Waals surface area contributed by atoms with Crippen LogP contribution in [0.2, 0.25) is 10.0 Å². The highest BCUT2D eigenvalue weighted by molar-refractivity contribution is 6.39. The molecule has 18 heavy (non-hydrogen) atoms. The molecule has 0 unspecified atom stereocenters. The number of hydrogen-bond acceptors (Lipinski definition) is 2. The topological polar surface area (TPSA) is 25.2 Å². The lowest BCUT2D eigenvalue weighted by Gasteiger charge is -2.06. The average Bonchev–Trinajstić information content (AvgIpc) is 2.74. The molecule has 0 atom stereocenters. The van der Waals surface area contributed by atoms with Gasteiger partial charge in [-0.1, -0.05) is 37.0 Å². The zero-order valence-corrected chi connectivity index (χ0v) is 12.1. The van der Waals surface area contributed by atoms with Gasteiger partial charge in [0.25, 0.3) is 0 Å². The Morgan fingerprint density at radius 3 is 2.67 bits per heavy atom. The number of fused-ring (bicyclic) bond motifs is 1. The normalized spacial score (nSPS) is 11.6. The lowest BCUT2D eigenvalue weighted by Crippen LogP contribution is -2.22. The largest absolute Gasteiger partial charge is 0.462 e. The summed E-state index contributed by atoms with van der Waals surface area (Å²) < 4.78 is 5.49. The zero-order valence-electron chi connectivity index (χ0n) is 10.6. The third-order valence-corrected chi connectivity index (χ3v) is 3.44. The SMILES string of the molecule is CC(C)CNCCc1coc2c(Cl)ccc(Cl)c12. The number of furan rings is 1. The lowest BCUT2D eigenvalue weighted by atomic mass is 10.1. The van der Waals surface area contributed by atoms with Crippen molar-refractivity contribution in [3.05, 3.63) is 34.0 Å². The van der Waals surface area contributed by atoms with E-state index < -0.39 is 0 Å². The molecule has 0 aliphatic carbocycles. The van der Waals surface area contributed by atoms with E-state index >= 15 is 0 Å². The predicted molar refractivity (Wildman–Crippen MR) is 77.6 cm³/mol. The highest BCUT2D eigenvalue weighted by Gasteiger charge is 2.12. The highest BCUT2D eigenvalue weighted by Crippen LogP contribution is 2.33. The van der Waals surface area contributed by atoms with Crippen LogP contribution in [0.15, 0.2) is 22.8 Å². The van der Waals surface area contributed by atoms with Gasteiger partial charge in [0, 0.05) is 10.9 Å². The summed E-state index contributed by atoms with van der Waals surface area (Å²) in [5.74, 6) is 0.657. The Hall–Kier alpha value is -0.700. The molecular formula is C14H17Cl2NO. The number of rotatable bonds is 5. The molecule has 2 aromatic rings. The van der Waals surface area contributed by atoms with Crippen molar-refractivity contribution in [1.29, 1.82) is 0 Å². The second-order valence-corrected chi connectivity index (χ2v) is 5.66. The Bertz CT molecular complexity index is 534. The van der Waals surface area contributed by atoms with Crippen molar-refractivity contribution in [3.8, 4) is 0 Å². The third kappa shape index (κ3) is 3.00.